The summed E-state index contributed by atoms with van der Waals surface area (Å²) in [4.78, 5) is 16.8. The second-order valence-electron chi connectivity index (χ2n) is 6.70. The third kappa shape index (κ3) is 5.60. The monoisotopic (exact) mass is 332 g/mol. The van der Waals surface area contributed by atoms with Crippen LogP contribution in [-0.2, 0) is 4.79 Å². The van der Waals surface area contributed by atoms with Crippen molar-refractivity contribution in [3.05, 3.63) is 35.9 Å². The molecule has 1 atom stereocenters. The van der Waals surface area contributed by atoms with E-state index >= 15 is 0 Å². The van der Waals surface area contributed by atoms with E-state index < -0.39 is 0 Å². The molecule has 0 bridgehead atoms. The van der Waals surface area contributed by atoms with Crippen molar-refractivity contribution in [3.8, 4) is 0 Å². The summed E-state index contributed by atoms with van der Waals surface area (Å²) in [5.41, 5.74) is 1.02. The van der Waals surface area contributed by atoms with Crippen LogP contribution in [0.4, 0.5) is 0 Å². The van der Waals surface area contributed by atoms with Gasteiger partial charge in [-0.1, -0.05) is 62.9 Å². The van der Waals surface area contributed by atoms with Crippen LogP contribution in [0.3, 0.4) is 0 Å². The first kappa shape index (κ1) is 18.9. The van der Waals surface area contributed by atoms with E-state index in [4.69, 9.17) is 0 Å². The number of hydrogen-bond donors (Lipinski definition) is 1. The Morgan fingerprint density at radius 1 is 1.04 bits per heavy atom. The van der Waals surface area contributed by atoms with E-state index in [0.717, 1.165) is 25.2 Å². The number of carbonyl (C=O) groups is 1. The van der Waals surface area contributed by atoms with Gasteiger partial charge in [-0.25, -0.2) is 0 Å². The Morgan fingerprint density at radius 2 is 1.79 bits per heavy atom. The molecule has 0 unspecified atom stereocenters. The van der Waals surface area contributed by atoms with Crippen LogP contribution in [0, 0.1) is 0 Å². The molecule has 0 aliphatic carbocycles. The predicted molar refractivity (Wildman–Crippen MR) is 97.8 cm³/mol. The molecule has 0 spiro atoms. The second kappa shape index (κ2) is 10.5. The molecule has 0 aromatic heterocycles. The molecule has 0 radical (unpaired) electrons. The van der Waals surface area contributed by atoms with Gasteiger partial charge in [0.05, 0.1) is 12.6 Å². The van der Waals surface area contributed by atoms with Crippen LogP contribution in [0.25, 0.3) is 0 Å². The zero-order valence-corrected chi connectivity index (χ0v) is 15.0. The summed E-state index contributed by atoms with van der Waals surface area (Å²) in [7, 11) is 0. The smallest absolute Gasteiger partial charge is 0.224 e. The first-order valence-electron chi connectivity index (χ1n) is 9.44. The molecule has 1 heterocycles. The number of unbranched alkanes of at least 4 members (excludes halogenated alkanes) is 4. The summed E-state index contributed by atoms with van der Waals surface area (Å²) in [5.74, 6) is 0.159. The van der Waals surface area contributed by atoms with Crippen molar-refractivity contribution in [2.45, 2.75) is 51.5 Å². The Labute approximate surface area is 146 Å². The zero-order valence-electron chi connectivity index (χ0n) is 15.0. The molecule has 24 heavy (non-hydrogen) atoms. The molecule has 1 aromatic carbocycles. The van der Waals surface area contributed by atoms with Gasteiger partial charge in [0.15, 0.2) is 0 Å². The van der Waals surface area contributed by atoms with E-state index in [2.05, 4.69) is 11.8 Å². The van der Waals surface area contributed by atoms with Gasteiger partial charge >= 0.3 is 0 Å². The normalized spacial score (nSPS) is 17.8. The molecule has 1 aliphatic heterocycles. The number of amides is 1. The van der Waals surface area contributed by atoms with Crippen LogP contribution >= 0.6 is 0 Å². The molecule has 134 valence electrons. The highest BCUT2D eigenvalue weighted by Crippen LogP contribution is 2.22. The summed E-state index contributed by atoms with van der Waals surface area (Å²) < 4.78 is 0. The zero-order chi connectivity index (χ0) is 17.2. The minimum absolute atomic E-state index is 0.0211. The van der Waals surface area contributed by atoms with Crippen LogP contribution in [0.15, 0.2) is 30.3 Å². The lowest BCUT2D eigenvalue weighted by atomic mass is 10.1. The van der Waals surface area contributed by atoms with Gasteiger partial charge < -0.3 is 14.9 Å². The summed E-state index contributed by atoms with van der Waals surface area (Å²) in [6.07, 6.45) is 6.96. The molecular formula is C20H32N2O2. The number of rotatable bonds is 9. The maximum Gasteiger partial charge on any atom is 0.224 e. The molecule has 4 heteroatoms. The fourth-order valence-electron chi connectivity index (χ4n) is 3.43. The lowest BCUT2D eigenvalue weighted by Gasteiger charge is -2.30. The molecule has 2 rings (SSSR count). The average Bonchev–Trinajstić information content (AvgIpc) is 2.79. The Morgan fingerprint density at radius 3 is 2.50 bits per heavy atom. The largest absolute Gasteiger partial charge is 0.394 e. The van der Waals surface area contributed by atoms with Gasteiger partial charge in [-0.05, 0) is 18.5 Å². The number of benzene rings is 1. The van der Waals surface area contributed by atoms with E-state index in [1.807, 2.05) is 35.2 Å². The molecule has 1 fully saturated rings. The highest BCUT2D eigenvalue weighted by molar-refractivity contribution is 5.77. The van der Waals surface area contributed by atoms with Gasteiger partial charge in [0.25, 0.3) is 0 Å². The number of carbonyl (C=O) groups excluding carboxylic acids is 1. The highest BCUT2D eigenvalue weighted by atomic mass is 16.3. The summed E-state index contributed by atoms with van der Waals surface area (Å²) >= 11 is 0. The van der Waals surface area contributed by atoms with Gasteiger partial charge in [0, 0.05) is 26.1 Å². The van der Waals surface area contributed by atoms with Crippen molar-refractivity contribution in [1.29, 1.82) is 0 Å². The van der Waals surface area contributed by atoms with Crippen molar-refractivity contribution in [1.82, 2.24) is 9.80 Å². The Bertz CT molecular complexity index is 478. The Kier molecular flexibility index (Phi) is 8.26. The van der Waals surface area contributed by atoms with Crippen LogP contribution in [0.5, 0.6) is 0 Å². The van der Waals surface area contributed by atoms with Crippen molar-refractivity contribution < 1.29 is 9.90 Å². The number of aliphatic hydroxyl groups excluding tert-OH is 1. The van der Waals surface area contributed by atoms with Crippen molar-refractivity contribution in [2.75, 3.05) is 32.8 Å². The van der Waals surface area contributed by atoms with Crippen molar-refractivity contribution >= 4 is 5.91 Å². The molecule has 0 saturated carbocycles. The van der Waals surface area contributed by atoms with E-state index in [0.29, 0.717) is 13.0 Å². The van der Waals surface area contributed by atoms with E-state index in [-0.39, 0.29) is 18.6 Å². The van der Waals surface area contributed by atoms with Gasteiger partial charge in [-0.3, -0.25) is 4.79 Å². The van der Waals surface area contributed by atoms with Crippen LogP contribution < -0.4 is 0 Å². The fraction of sp³-hybridized carbons (Fsp3) is 0.650. The predicted octanol–water partition coefficient (Wildman–Crippen LogP) is 3.22. The first-order valence-corrected chi connectivity index (χ1v) is 9.44. The van der Waals surface area contributed by atoms with Crippen LogP contribution in [-0.4, -0.2) is 53.6 Å². The molecule has 1 aliphatic rings. The van der Waals surface area contributed by atoms with Gasteiger partial charge in [-0.15, -0.1) is 0 Å². The fourth-order valence-corrected chi connectivity index (χ4v) is 3.43. The van der Waals surface area contributed by atoms with E-state index in [1.165, 1.54) is 32.1 Å². The van der Waals surface area contributed by atoms with Crippen molar-refractivity contribution in [2.24, 2.45) is 0 Å². The topological polar surface area (TPSA) is 43.8 Å². The third-order valence-corrected chi connectivity index (χ3v) is 4.93. The molecule has 4 nitrogen and oxygen atoms in total. The Balaban J connectivity index is 1.88. The summed E-state index contributed by atoms with van der Waals surface area (Å²) in [6, 6.07) is 9.65. The third-order valence-electron chi connectivity index (χ3n) is 4.93. The van der Waals surface area contributed by atoms with Gasteiger partial charge in [0.1, 0.15) is 0 Å². The molecular weight excluding hydrogens is 300 g/mol. The van der Waals surface area contributed by atoms with E-state index in [1.54, 1.807) is 0 Å². The SMILES string of the molecule is CCCCCCCN1CCC(=O)N([C@H](CO)c2ccccc2)CC1. The van der Waals surface area contributed by atoms with Crippen LogP contribution in [0.1, 0.15) is 57.1 Å². The minimum atomic E-state index is -0.219. The highest BCUT2D eigenvalue weighted by Gasteiger charge is 2.27. The molecule has 1 amide bonds. The lowest BCUT2D eigenvalue weighted by Crippen LogP contribution is -2.38. The maximum atomic E-state index is 12.5. The molecule has 1 aromatic rings. The average molecular weight is 332 g/mol. The number of aliphatic hydroxyl groups is 1. The van der Waals surface area contributed by atoms with Gasteiger partial charge in [0.2, 0.25) is 5.91 Å². The minimum Gasteiger partial charge on any atom is -0.394 e. The summed E-state index contributed by atoms with van der Waals surface area (Å²) in [5, 5.41) is 9.82. The van der Waals surface area contributed by atoms with Crippen molar-refractivity contribution in [3.63, 3.8) is 0 Å². The van der Waals surface area contributed by atoms with E-state index in [9.17, 15) is 9.90 Å². The second-order valence-corrected chi connectivity index (χ2v) is 6.70. The quantitative estimate of drug-likeness (QED) is 0.706. The standard InChI is InChI=1S/C20H32N2O2/c1-2-3-4-5-9-13-21-14-12-20(24)22(16-15-21)19(17-23)18-10-7-6-8-11-18/h6-8,10-11,19,23H,2-5,9,12-17H2,1H3/t19-/m1/s1. The molecule has 1 saturated heterocycles. The lowest BCUT2D eigenvalue weighted by molar-refractivity contribution is -0.133. The van der Waals surface area contributed by atoms with Gasteiger partial charge in [-0.2, -0.15) is 0 Å². The Hall–Kier alpha value is -1.39. The maximum absolute atomic E-state index is 12.5. The number of hydrogen-bond acceptors (Lipinski definition) is 3. The van der Waals surface area contributed by atoms with Crippen LogP contribution in [0.2, 0.25) is 0 Å². The summed E-state index contributed by atoms with van der Waals surface area (Å²) in [6.45, 7) is 5.75. The number of nitrogens with zero attached hydrogens (tertiary/aromatic N) is 2. The first-order chi connectivity index (χ1) is 11.8. The molecule has 1 N–H and O–H groups in total.